The molecular formula is C34H56O10. The quantitative estimate of drug-likeness (QED) is 0.197. The summed E-state index contributed by atoms with van der Waals surface area (Å²) in [7, 11) is 1.43. The molecule has 7 N–H and O–H groups in total. The molecule has 0 spiro atoms. The Morgan fingerprint density at radius 3 is 2.36 bits per heavy atom. The van der Waals surface area contributed by atoms with E-state index in [1.165, 1.54) is 7.11 Å². The van der Waals surface area contributed by atoms with Crippen LogP contribution in [0.1, 0.15) is 66.7 Å². The fraction of sp³-hybridized carbons (Fsp3) is 0.882. The number of aliphatic hydroxyl groups excluding tert-OH is 6. The molecule has 0 aromatic carbocycles. The summed E-state index contributed by atoms with van der Waals surface area (Å²) in [5, 5.41) is 77.3. The fourth-order valence-electron chi connectivity index (χ4n) is 10.1. The molecule has 0 unspecified atom stereocenters. The molecule has 10 heteroatoms. The lowest BCUT2D eigenvalue weighted by Crippen LogP contribution is -2.66. The molecule has 0 aromatic heterocycles. The molecule has 44 heavy (non-hydrogen) atoms. The predicted octanol–water partition coefficient (Wildman–Crippen LogP) is 1.53. The molecule has 1 saturated heterocycles. The Morgan fingerprint density at radius 2 is 1.70 bits per heavy atom. The van der Waals surface area contributed by atoms with Crippen LogP contribution in [-0.2, 0) is 14.2 Å². The van der Waals surface area contributed by atoms with Crippen LogP contribution >= 0.6 is 0 Å². The molecule has 4 aliphatic carbocycles. The summed E-state index contributed by atoms with van der Waals surface area (Å²) in [6.07, 6.45) is 1.36. The number of hydrogen-bond acceptors (Lipinski definition) is 10. The van der Waals surface area contributed by atoms with Crippen molar-refractivity contribution in [2.24, 2.45) is 46.3 Å². The minimum absolute atomic E-state index is 0.0589. The topological polar surface area (TPSA) is 169 Å². The standard InChI is InChI=1S/C34H56O10/c1-17(19(3)15-35)7-8-18(2)25-27(39)28(40)30-33(25,5)12-10-24-32(4)11-9-20(13-21(32)22(36)14-34(24,30)41)44-31-29(42-6)26(38)23(37)16-43-31/h7-8,13,17-20,22-31,35-41H,9-12,14-16H2,1-6H3/b8-7+/t17-,18+,19+,20-,22+,23+,24+,25-,26-,27+,28-,29+,30+,31-,32-,33+,34-/m0/s1. The molecular weight excluding hydrogens is 568 g/mol. The first-order valence-corrected chi connectivity index (χ1v) is 16.6. The zero-order valence-corrected chi connectivity index (χ0v) is 27.1. The van der Waals surface area contributed by atoms with Gasteiger partial charge in [-0.1, -0.05) is 52.8 Å². The van der Waals surface area contributed by atoms with E-state index in [1.54, 1.807) is 0 Å². The van der Waals surface area contributed by atoms with Gasteiger partial charge in [-0.15, -0.1) is 0 Å². The van der Waals surface area contributed by atoms with Crippen LogP contribution in [0.2, 0.25) is 0 Å². The molecule has 0 radical (unpaired) electrons. The van der Waals surface area contributed by atoms with E-state index in [-0.39, 0.29) is 49.2 Å². The lowest BCUT2D eigenvalue weighted by Gasteiger charge is -2.63. The largest absolute Gasteiger partial charge is 0.396 e. The SMILES string of the molecule is CO[C@H]1[C@H](O[C@@H]2C=C3[C@H](O)C[C@@]4(O)[C@@H]5[C@@H](O)[C@H](O)[C@H]([C@H](C)/C=C/[C@H](C)[C@H](C)CO)[C@@]5(C)CC[C@@H]4[C@@]3(C)CC2)OC[C@@H](O)[C@@H]1O. The molecule has 10 nitrogen and oxygen atoms in total. The zero-order chi connectivity index (χ0) is 32.4. The highest BCUT2D eigenvalue weighted by atomic mass is 16.7. The van der Waals surface area contributed by atoms with Crippen LogP contribution in [0.25, 0.3) is 0 Å². The number of hydrogen-bond donors (Lipinski definition) is 7. The molecule has 1 heterocycles. The van der Waals surface area contributed by atoms with Crippen molar-refractivity contribution in [1.29, 1.82) is 0 Å². The van der Waals surface area contributed by atoms with E-state index in [0.29, 0.717) is 19.3 Å². The number of aliphatic hydroxyl groups is 7. The normalized spacial score (nSPS) is 51.2. The van der Waals surface area contributed by atoms with Crippen molar-refractivity contribution < 1.29 is 50.0 Å². The van der Waals surface area contributed by atoms with Crippen molar-refractivity contribution in [3.05, 3.63) is 23.8 Å². The lowest BCUT2D eigenvalue weighted by molar-refractivity contribution is -0.285. The second-order valence-corrected chi connectivity index (χ2v) is 15.3. The zero-order valence-electron chi connectivity index (χ0n) is 27.1. The van der Waals surface area contributed by atoms with Gasteiger partial charge in [0.15, 0.2) is 6.29 Å². The number of fused-ring (bicyclic) bond motifs is 5. The maximum Gasteiger partial charge on any atom is 0.187 e. The molecule has 0 bridgehead atoms. The van der Waals surface area contributed by atoms with Crippen LogP contribution in [0.4, 0.5) is 0 Å². The summed E-state index contributed by atoms with van der Waals surface area (Å²) in [5.74, 6) is -0.895. The number of rotatable bonds is 8. The molecule has 17 atom stereocenters. The van der Waals surface area contributed by atoms with Crippen LogP contribution < -0.4 is 0 Å². The van der Waals surface area contributed by atoms with Crippen LogP contribution in [0.15, 0.2) is 23.8 Å². The molecule has 252 valence electrons. The molecule has 1 aliphatic heterocycles. The average molecular weight is 625 g/mol. The van der Waals surface area contributed by atoms with Crippen molar-refractivity contribution >= 4 is 0 Å². The van der Waals surface area contributed by atoms with Gasteiger partial charge in [0.1, 0.15) is 18.3 Å². The van der Waals surface area contributed by atoms with Gasteiger partial charge in [0.05, 0.1) is 36.6 Å². The number of allylic oxidation sites excluding steroid dienone is 2. The van der Waals surface area contributed by atoms with Crippen LogP contribution in [0, 0.1) is 46.3 Å². The van der Waals surface area contributed by atoms with Crippen molar-refractivity contribution in [2.75, 3.05) is 20.3 Å². The minimum atomic E-state index is -1.38. The first kappa shape index (κ1) is 34.4. The summed E-state index contributed by atoms with van der Waals surface area (Å²) in [5.41, 5.74) is -1.65. The number of ether oxygens (including phenoxy) is 3. The van der Waals surface area contributed by atoms with Crippen molar-refractivity contribution in [2.45, 2.75) is 121 Å². The highest BCUT2D eigenvalue weighted by Gasteiger charge is 2.72. The molecule has 5 rings (SSSR count). The Morgan fingerprint density at radius 1 is 1.00 bits per heavy atom. The third-order valence-electron chi connectivity index (χ3n) is 12.7. The number of methoxy groups -OCH3 is 1. The van der Waals surface area contributed by atoms with Gasteiger partial charge in [-0.05, 0) is 71.7 Å². The second-order valence-electron chi connectivity index (χ2n) is 15.3. The van der Waals surface area contributed by atoms with Gasteiger partial charge in [-0.25, -0.2) is 0 Å². The average Bonchev–Trinajstić information content (AvgIpc) is 3.18. The Hall–Kier alpha value is -0.920. The highest BCUT2D eigenvalue weighted by Crippen LogP contribution is 2.69. The molecule has 4 fully saturated rings. The van der Waals surface area contributed by atoms with Crippen LogP contribution in [-0.4, -0.2) is 111 Å². The summed E-state index contributed by atoms with van der Waals surface area (Å²) in [6, 6.07) is 0. The first-order valence-electron chi connectivity index (χ1n) is 16.6. The van der Waals surface area contributed by atoms with Crippen LogP contribution in [0.3, 0.4) is 0 Å². The van der Waals surface area contributed by atoms with E-state index in [2.05, 4.69) is 39.8 Å². The first-order chi connectivity index (χ1) is 20.6. The van der Waals surface area contributed by atoms with Gasteiger partial charge >= 0.3 is 0 Å². The maximum absolute atomic E-state index is 12.6. The summed E-state index contributed by atoms with van der Waals surface area (Å²) in [6.45, 7) is 10.3. The van der Waals surface area contributed by atoms with E-state index in [0.717, 1.165) is 12.0 Å². The predicted molar refractivity (Wildman–Crippen MR) is 162 cm³/mol. The Bertz CT molecular complexity index is 1080. The fourth-order valence-corrected chi connectivity index (χ4v) is 10.1. The van der Waals surface area contributed by atoms with Crippen molar-refractivity contribution in [1.82, 2.24) is 0 Å². The molecule has 0 aromatic rings. The van der Waals surface area contributed by atoms with Crippen LogP contribution in [0.5, 0.6) is 0 Å². The third-order valence-corrected chi connectivity index (χ3v) is 12.7. The lowest BCUT2D eigenvalue weighted by atomic mass is 9.43. The Kier molecular flexibility index (Phi) is 9.85. The van der Waals surface area contributed by atoms with Gasteiger partial charge in [-0.2, -0.15) is 0 Å². The minimum Gasteiger partial charge on any atom is -0.396 e. The third kappa shape index (κ3) is 5.45. The van der Waals surface area contributed by atoms with E-state index in [9.17, 15) is 35.7 Å². The molecule has 0 amide bonds. The van der Waals surface area contributed by atoms with Gasteiger partial charge in [0.25, 0.3) is 0 Å². The monoisotopic (exact) mass is 624 g/mol. The highest BCUT2D eigenvalue weighted by molar-refractivity contribution is 5.33. The van der Waals surface area contributed by atoms with Crippen molar-refractivity contribution in [3.63, 3.8) is 0 Å². The molecule has 5 aliphatic rings. The smallest absolute Gasteiger partial charge is 0.187 e. The summed E-state index contributed by atoms with van der Waals surface area (Å²) >= 11 is 0. The van der Waals surface area contributed by atoms with Gasteiger partial charge in [0.2, 0.25) is 0 Å². The van der Waals surface area contributed by atoms with E-state index >= 15 is 0 Å². The van der Waals surface area contributed by atoms with Gasteiger partial charge < -0.3 is 50.0 Å². The molecule has 3 saturated carbocycles. The van der Waals surface area contributed by atoms with E-state index < -0.39 is 71.4 Å². The van der Waals surface area contributed by atoms with Gasteiger partial charge in [-0.3, -0.25) is 0 Å². The van der Waals surface area contributed by atoms with E-state index in [4.69, 9.17) is 14.2 Å². The van der Waals surface area contributed by atoms with E-state index in [1.807, 2.05) is 13.0 Å². The van der Waals surface area contributed by atoms with Gasteiger partial charge in [0, 0.05) is 26.1 Å². The second kappa shape index (κ2) is 12.6. The maximum atomic E-state index is 12.6. The Labute approximate surface area is 261 Å². The summed E-state index contributed by atoms with van der Waals surface area (Å²) < 4.78 is 17.2. The van der Waals surface area contributed by atoms with Crippen molar-refractivity contribution in [3.8, 4) is 0 Å². The summed E-state index contributed by atoms with van der Waals surface area (Å²) in [4.78, 5) is 0. The Balaban J connectivity index is 1.39.